The Labute approximate surface area is 109 Å². The molecule has 1 heterocycles. The van der Waals surface area contributed by atoms with Gasteiger partial charge >= 0.3 is 6.18 Å². The van der Waals surface area contributed by atoms with Gasteiger partial charge in [-0.25, -0.2) is 0 Å². The lowest BCUT2D eigenvalue weighted by Crippen LogP contribution is -2.42. The molecule has 106 valence electrons. The van der Waals surface area contributed by atoms with E-state index >= 15 is 0 Å². The molecule has 3 N–H and O–H groups in total. The van der Waals surface area contributed by atoms with Crippen molar-refractivity contribution in [1.82, 2.24) is 9.88 Å². The molecular formula is C12H17F3N4. The molecule has 0 saturated carbocycles. The highest BCUT2D eigenvalue weighted by Crippen LogP contribution is 2.26. The van der Waals surface area contributed by atoms with Crippen molar-refractivity contribution in [2.45, 2.75) is 19.6 Å². The van der Waals surface area contributed by atoms with Gasteiger partial charge in [0.15, 0.2) is 0 Å². The average Bonchev–Trinajstić information content (AvgIpc) is 2.24. The summed E-state index contributed by atoms with van der Waals surface area (Å²) in [6, 6.07) is 5.37. The summed E-state index contributed by atoms with van der Waals surface area (Å²) in [7, 11) is 1.55. The molecule has 4 nitrogen and oxygen atoms in total. The molecule has 0 bridgehead atoms. The number of pyridine rings is 1. The van der Waals surface area contributed by atoms with Crippen LogP contribution in [-0.2, 0) is 6.54 Å². The number of rotatable bonds is 5. The fourth-order valence-corrected chi connectivity index (χ4v) is 1.72. The molecule has 0 aliphatic heterocycles. The average molecular weight is 274 g/mol. The number of hydrogen-bond acceptors (Lipinski definition) is 3. The standard InChI is InChI=1S/C12H17F3N4/c1-8-4-3-5-9(18-8)6-19(2)7-10(11(16)17)12(13,14)15/h3-5,10H,6-7H2,1-2H3,(H3,16,17). The van der Waals surface area contributed by atoms with Gasteiger partial charge in [-0.2, -0.15) is 13.2 Å². The van der Waals surface area contributed by atoms with Gasteiger partial charge in [-0.15, -0.1) is 0 Å². The van der Waals surface area contributed by atoms with Gasteiger partial charge in [0.25, 0.3) is 0 Å². The van der Waals surface area contributed by atoms with Gasteiger partial charge in [-0.3, -0.25) is 15.3 Å². The Morgan fingerprint density at radius 2 is 2.11 bits per heavy atom. The van der Waals surface area contributed by atoms with E-state index in [1.54, 1.807) is 19.2 Å². The van der Waals surface area contributed by atoms with Crippen LogP contribution in [0.5, 0.6) is 0 Å². The van der Waals surface area contributed by atoms with Crippen LogP contribution in [0.25, 0.3) is 0 Å². The molecule has 0 aromatic carbocycles. The number of alkyl halides is 3. The Hall–Kier alpha value is -1.63. The van der Waals surface area contributed by atoms with Crippen LogP contribution in [-0.4, -0.2) is 35.5 Å². The van der Waals surface area contributed by atoms with Crippen molar-refractivity contribution in [3.8, 4) is 0 Å². The van der Waals surface area contributed by atoms with Crippen LogP contribution in [0.15, 0.2) is 18.2 Å². The molecule has 19 heavy (non-hydrogen) atoms. The van der Waals surface area contributed by atoms with Crippen molar-refractivity contribution < 1.29 is 13.2 Å². The summed E-state index contributed by atoms with van der Waals surface area (Å²) in [5.41, 5.74) is 6.51. The maximum Gasteiger partial charge on any atom is 0.399 e. The topological polar surface area (TPSA) is 66.0 Å². The third kappa shape index (κ3) is 4.86. The summed E-state index contributed by atoms with van der Waals surface area (Å²) < 4.78 is 38.0. The maximum atomic E-state index is 12.7. The first-order valence-corrected chi connectivity index (χ1v) is 5.72. The summed E-state index contributed by atoms with van der Waals surface area (Å²) >= 11 is 0. The van der Waals surface area contributed by atoms with Crippen molar-refractivity contribution in [2.24, 2.45) is 11.7 Å². The molecule has 0 spiro atoms. The minimum absolute atomic E-state index is 0.279. The van der Waals surface area contributed by atoms with Gasteiger partial charge in [0, 0.05) is 18.8 Å². The molecule has 0 radical (unpaired) electrons. The fraction of sp³-hybridized carbons (Fsp3) is 0.500. The molecule has 1 rings (SSSR count). The molecule has 0 aliphatic rings. The van der Waals surface area contributed by atoms with E-state index in [9.17, 15) is 13.2 Å². The van der Waals surface area contributed by atoms with Crippen molar-refractivity contribution in [1.29, 1.82) is 5.41 Å². The number of aryl methyl sites for hydroxylation is 1. The van der Waals surface area contributed by atoms with E-state index in [0.717, 1.165) is 5.69 Å². The predicted molar refractivity (Wildman–Crippen MR) is 66.8 cm³/mol. The highest BCUT2D eigenvalue weighted by Gasteiger charge is 2.42. The Kier molecular flexibility index (Phi) is 4.88. The molecule has 1 unspecified atom stereocenters. The lowest BCUT2D eigenvalue weighted by atomic mass is 10.1. The molecule has 7 heteroatoms. The molecule has 1 aromatic heterocycles. The van der Waals surface area contributed by atoms with Crippen molar-refractivity contribution in [3.63, 3.8) is 0 Å². The van der Waals surface area contributed by atoms with Crippen LogP contribution >= 0.6 is 0 Å². The van der Waals surface area contributed by atoms with Gasteiger partial charge in [0.1, 0.15) is 11.8 Å². The Morgan fingerprint density at radius 1 is 1.47 bits per heavy atom. The molecule has 1 aromatic rings. The zero-order valence-corrected chi connectivity index (χ0v) is 10.8. The summed E-state index contributed by atoms with van der Waals surface area (Å²) in [5.74, 6) is -2.81. The second-order valence-corrected chi connectivity index (χ2v) is 4.52. The maximum absolute atomic E-state index is 12.7. The Bertz CT molecular complexity index is 445. The SMILES string of the molecule is Cc1cccc(CN(C)CC(C(=N)N)C(F)(F)F)n1. The lowest BCUT2D eigenvalue weighted by Gasteiger charge is -2.24. The number of amidine groups is 1. The summed E-state index contributed by atoms with van der Waals surface area (Å²) in [5, 5.41) is 7.03. The number of nitrogens with zero attached hydrogens (tertiary/aromatic N) is 2. The van der Waals surface area contributed by atoms with E-state index in [2.05, 4.69) is 4.98 Å². The van der Waals surface area contributed by atoms with Crippen LogP contribution in [0.4, 0.5) is 13.2 Å². The van der Waals surface area contributed by atoms with Crippen molar-refractivity contribution in [3.05, 3.63) is 29.6 Å². The van der Waals surface area contributed by atoms with E-state index in [1.165, 1.54) is 4.90 Å². The highest BCUT2D eigenvalue weighted by atomic mass is 19.4. The van der Waals surface area contributed by atoms with Crippen LogP contribution in [0.3, 0.4) is 0 Å². The van der Waals surface area contributed by atoms with Gasteiger partial charge in [0.2, 0.25) is 0 Å². The summed E-state index contributed by atoms with van der Waals surface area (Å²) in [6.45, 7) is 1.74. The third-order valence-electron chi connectivity index (χ3n) is 2.64. The van der Waals surface area contributed by atoms with Crippen LogP contribution in [0.1, 0.15) is 11.4 Å². The lowest BCUT2D eigenvalue weighted by molar-refractivity contribution is -0.159. The largest absolute Gasteiger partial charge is 0.399 e. The number of hydrogen-bond donors (Lipinski definition) is 2. The Morgan fingerprint density at radius 3 is 2.58 bits per heavy atom. The van der Waals surface area contributed by atoms with E-state index in [4.69, 9.17) is 11.1 Å². The van der Waals surface area contributed by atoms with E-state index < -0.39 is 17.9 Å². The molecule has 0 fully saturated rings. The van der Waals surface area contributed by atoms with Gasteiger partial charge in [-0.1, -0.05) is 6.07 Å². The smallest absolute Gasteiger partial charge is 0.387 e. The van der Waals surface area contributed by atoms with Gasteiger partial charge in [0.05, 0.1) is 5.69 Å². The zero-order chi connectivity index (χ0) is 14.6. The predicted octanol–water partition coefficient (Wildman–Crippen LogP) is 1.94. The first-order valence-electron chi connectivity index (χ1n) is 5.72. The number of nitrogens with two attached hydrogens (primary N) is 1. The van der Waals surface area contributed by atoms with E-state index in [0.29, 0.717) is 5.69 Å². The Balaban J connectivity index is 2.68. The quantitative estimate of drug-likeness (QED) is 0.637. The second-order valence-electron chi connectivity index (χ2n) is 4.52. The summed E-state index contributed by atoms with van der Waals surface area (Å²) in [4.78, 5) is 5.68. The molecule has 0 aliphatic carbocycles. The van der Waals surface area contributed by atoms with E-state index in [1.807, 2.05) is 13.0 Å². The monoisotopic (exact) mass is 274 g/mol. The van der Waals surface area contributed by atoms with Crippen molar-refractivity contribution >= 4 is 5.84 Å². The molecule has 0 saturated heterocycles. The first-order chi connectivity index (χ1) is 8.70. The zero-order valence-electron chi connectivity index (χ0n) is 10.8. The van der Waals surface area contributed by atoms with Crippen LogP contribution in [0, 0.1) is 18.3 Å². The number of nitrogens with one attached hydrogen (secondary N) is 1. The van der Waals surface area contributed by atoms with E-state index in [-0.39, 0.29) is 13.1 Å². The molecule has 0 amide bonds. The minimum Gasteiger partial charge on any atom is -0.387 e. The normalized spacial score (nSPS) is 13.6. The van der Waals surface area contributed by atoms with Gasteiger partial charge in [-0.05, 0) is 26.1 Å². The fourth-order valence-electron chi connectivity index (χ4n) is 1.72. The second kappa shape index (κ2) is 6.01. The van der Waals surface area contributed by atoms with Crippen LogP contribution < -0.4 is 5.73 Å². The molecule has 1 atom stereocenters. The molecular weight excluding hydrogens is 257 g/mol. The highest BCUT2D eigenvalue weighted by molar-refractivity contribution is 5.80. The van der Waals surface area contributed by atoms with Gasteiger partial charge < -0.3 is 5.73 Å². The number of aromatic nitrogens is 1. The third-order valence-corrected chi connectivity index (χ3v) is 2.64. The first kappa shape index (κ1) is 15.4. The van der Waals surface area contributed by atoms with Crippen LogP contribution in [0.2, 0.25) is 0 Å². The van der Waals surface area contributed by atoms with Crippen molar-refractivity contribution in [2.75, 3.05) is 13.6 Å². The minimum atomic E-state index is -4.50. The summed E-state index contributed by atoms with van der Waals surface area (Å²) in [6.07, 6.45) is -4.50. The number of halogens is 3.